The molecule has 1 atom stereocenters. The van der Waals surface area contributed by atoms with Crippen LogP contribution in [0.5, 0.6) is 23.0 Å². The van der Waals surface area contributed by atoms with E-state index in [2.05, 4.69) is 4.99 Å². The number of rotatable bonds is 6. The second-order valence-corrected chi connectivity index (χ2v) is 9.55. The number of halogens is 1. The number of benzene rings is 2. The van der Waals surface area contributed by atoms with E-state index in [1.54, 1.807) is 57.4 Å². The first-order valence-corrected chi connectivity index (χ1v) is 12.6. The van der Waals surface area contributed by atoms with E-state index in [1.165, 1.54) is 23.0 Å². The van der Waals surface area contributed by atoms with Crippen LogP contribution in [0.2, 0.25) is 5.02 Å². The predicted molar refractivity (Wildman–Crippen MR) is 138 cm³/mol. The van der Waals surface area contributed by atoms with E-state index >= 15 is 0 Å². The summed E-state index contributed by atoms with van der Waals surface area (Å²) in [6.07, 6.45) is 1.68. The van der Waals surface area contributed by atoms with Crippen molar-refractivity contribution < 1.29 is 28.5 Å². The number of nitrogens with zero attached hydrogens (tertiary/aromatic N) is 2. The third-order valence-electron chi connectivity index (χ3n) is 6.03. The highest BCUT2D eigenvalue weighted by Crippen LogP contribution is 2.38. The lowest BCUT2D eigenvalue weighted by molar-refractivity contribution is -0.139. The summed E-state index contributed by atoms with van der Waals surface area (Å²) in [6.45, 7) is 3.73. The van der Waals surface area contributed by atoms with Gasteiger partial charge in [0.15, 0.2) is 16.3 Å². The number of hydrogen-bond donors (Lipinski definition) is 0. The van der Waals surface area contributed by atoms with Gasteiger partial charge in [-0.2, -0.15) is 0 Å². The number of hydrogen-bond acceptors (Lipinski definition) is 9. The predicted octanol–water partition coefficient (Wildman–Crippen LogP) is 3.20. The normalized spacial score (nSPS) is 16.4. The number of esters is 1. The Kier molecular flexibility index (Phi) is 6.70. The lowest BCUT2D eigenvalue weighted by Gasteiger charge is -2.26. The highest BCUT2D eigenvalue weighted by atomic mass is 35.5. The minimum Gasteiger partial charge on any atom is -0.497 e. The molecule has 192 valence electrons. The smallest absolute Gasteiger partial charge is 0.338 e. The van der Waals surface area contributed by atoms with E-state index in [0.717, 1.165) is 0 Å². The fourth-order valence-electron chi connectivity index (χ4n) is 4.31. The van der Waals surface area contributed by atoms with Crippen molar-refractivity contribution in [2.45, 2.75) is 19.9 Å². The SMILES string of the molecule is CCOC(=O)C1=C(C)N=c2s/c(=C\c3cc4c(cc3Cl)OCO4)c(=O)n2C1c1ccc(OC)cc1OC. The summed E-state index contributed by atoms with van der Waals surface area (Å²) in [4.78, 5) is 32.0. The van der Waals surface area contributed by atoms with Crippen molar-refractivity contribution in [3.05, 3.63) is 77.4 Å². The Morgan fingerprint density at radius 2 is 1.97 bits per heavy atom. The average Bonchev–Trinajstić information content (AvgIpc) is 3.46. The highest BCUT2D eigenvalue weighted by molar-refractivity contribution is 7.07. The molecule has 11 heteroatoms. The summed E-state index contributed by atoms with van der Waals surface area (Å²) >= 11 is 7.65. The quantitative estimate of drug-likeness (QED) is 0.441. The molecule has 0 bridgehead atoms. The van der Waals surface area contributed by atoms with Crippen LogP contribution in [0.1, 0.15) is 31.0 Å². The van der Waals surface area contributed by atoms with Crippen molar-refractivity contribution in [1.29, 1.82) is 0 Å². The van der Waals surface area contributed by atoms with E-state index in [0.29, 0.717) is 54.2 Å². The Hall–Kier alpha value is -3.76. The van der Waals surface area contributed by atoms with Crippen molar-refractivity contribution in [2.75, 3.05) is 27.6 Å². The largest absolute Gasteiger partial charge is 0.497 e. The maximum atomic E-state index is 13.8. The molecule has 2 aliphatic heterocycles. The second-order valence-electron chi connectivity index (χ2n) is 8.14. The molecule has 0 saturated carbocycles. The van der Waals surface area contributed by atoms with Gasteiger partial charge >= 0.3 is 5.97 Å². The molecule has 3 heterocycles. The van der Waals surface area contributed by atoms with Crippen LogP contribution in [-0.2, 0) is 9.53 Å². The van der Waals surface area contributed by atoms with Gasteiger partial charge in [0, 0.05) is 17.7 Å². The monoisotopic (exact) mass is 542 g/mol. The summed E-state index contributed by atoms with van der Waals surface area (Å²) in [5.74, 6) is 1.56. The lowest BCUT2D eigenvalue weighted by Crippen LogP contribution is -2.40. The minimum absolute atomic E-state index is 0.108. The third-order valence-corrected chi connectivity index (χ3v) is 7.34. The number of carbonyl (C=O) groups excluding carboxylic acids is 1. The Morgan fingerprint density at radius 3 is 2.68 bits per heavy atom. The summed E-state index contributed by atoms with van der Waals surface area (Å²) in [5, 5.41) is 0.409. The minimum atomic E-state index is -0.828. The summed E-state index contributed by atoms with van der Waals surface area (Å²) in [7, 11) is 3.07. The number of ether oxygens (including phenoxy) is 5. The second kappa shape index (κ2) is 9.95. The fourth-order valence-corrected chi connectivity index (χ4v) is 5.56. The van der Waals surface area contributed by atoms with Gasteiger partial charge in [0.25, 0.3) is 5.56 Å². The van der Waals surface area contributed by atoms with Gasteiger partial charge in [-0.15, -0.1) is 0 Å². The Balaban J connectivity index is 1.74. The van der Waals surface area contributed by atoms with Gasteiger partial charge in [-0.25, -0.2) is 9.79 Å². The van der Waals surface area contributed by atoms with Gasteiger partial charge in [-0.05, 0) is 43.7 Å². The molecule has 1 unspecified atom stereocenters. The van der Waals surface area contributed by atoms with Crippen LogP contribution < -0.4 is 33.8 Å². The molecule has 3 aromatic rings. The van der Waals surface area contributed by atoms with Crippen LogP contribution in [-0.4, -0.2) is 38.2 Å². The van der Waals surface area contributed by atoms with Crippen LogP contribution in [0.3, 0.4) is 0 Å². The molecule has 37 heavy (non-hydrogen) atoms. The lowest BCUT2D eigenvalue weighted by atomic mass is 9.95. The maximum absolute atomic E-state index is 13.8. The third kappa shape index (κ3) is 4.36. The fraction of sp³-hybridized carbons (Fsp3) is 0.269. The zero-order valence-electron chi connectivity index (χ0n) is 20.5. The molecule has 5 rings (SSSR count). The molecule has 0 radical (unpaired) electrons. The van der Waals surface area contributed by atoms with Gasteiger partial charge in [-0.3, -0.25) is 9.36 Å². The Morgan fingerprint density at radius 1 is 1.22 bits per heavy atom. The molecule has 0 saturated heterocycles. The molecule has 0 spiro atoms. The van der Waals surface area contributed by atoms with Gasteiger partial charge in [0.05, 0.1) is 41.7 Å². The Bertz CT molecular complexity index is 1620. The summed E-state index contributed by atoms with van der Waals surface area (Å²) in [6, 6.07) is 7.77. The van der Waals surface area contributed by atoms with E-state index in [1.807, 2.05) is 0 Å². The molecule has 9 nitrogen and oxygen atoms in total. The first-order chi connectivity index (χ1) is 17.9. The number of carbonyl (C=O) groups is 1. The van der Waals surface area contributed by atoms with Crippen molar-refractivity contribution >= 4 is 35.0 Å². The van der Waals surface area contributed by atoms with E-state index < -0.39 is 12.0 Å². The molecule has 2 aliphatic rings. The standard InChI is InChI=1S/C26H23ClN2O7S/c1-5-34-25(31)22-13(2)28-26-29(23(22)16-7-6-15(32-3)10-18(16)33-4)24(30)21(37-26)9-14-8-19-20(11-17(14)27)36-12-35-19/h6-11,23H,5,12H2,1-4H3/b21-9-. The number of allylic oxidation sites excluding steroid dienone is 1. The highest BCUT2D eigenvalue weighted by Gasteiger charge is 2.35. The molecule has 0 fully saturated rings. The van der Waals surface area contributed by atoms with Crippen LogP contribution in [0.25, 0.3) is 6.08 Å². The van der Waals surface area contributed by atoms with E-state index in [9.17, 15) is 9.59 Å². The van der Waals surface area contributed by atoms with Gasteiger partial charge in [0.1, 0.15) is 17.5 Å². The van der Waals surface area contributed by atoms with Gasteiger partial charge < -0.3 is 23.7 Å². The van der Waals surface area contributed by atoms with E-state index in [-0.39, 0.29) is 24.5 Å². The molecule has 1 aromatic heterocycles. The molecular formula is C26H23ClN2O7S. The molecule has 0 amide bonds. The first-order valence-electron chi connectivity index (χ1n) is 11.4. The van der Waals surface area contributed by atoms with Gasteiger partial charge in [-0.1, -0.05) is 22.9 Å². The van der Waals surface area contributed by atoms with E-state index in [4.69, 9.17) is 35.3 Å². The number of methoxy groups -OCH3 is 2. The van der Waals surface area contributed by atoms with Crippen LogP contribution >= 0.6 is 22.9 Å². The summed E-state index contributed by atoms with van der Waals surface area (Å²) < 4.78 is 29.0. The molecule has 0 N–H and O–H groups in total. The molecular weight excluding hydrogens is 520 g/mol. The summed E-state index contributed by atoms with van der Waals surface area (Å²) in [5.41, 5.74) is 1.56. The van der Waals surface area contributed by atoms with Crippen LogP contribution in [0.15, 0.2) is 51.4 Å². The number of fused-ring (bicyclic) bond motifs is 2. The average molecular weight is 543 g/mol. The molecule has 2 aromatic carbocycles. The Labute approximate surface area is 220 Å². The first kappa shape index (κ1) is 24.9. The van der Waals surface area contributed by atoms with Gasteiger partial charge in [0.2, 0.25) is 6.79 Å². The van der Waals surface area contributed by atoms with Crippen LogP contribution in [0, 0.1) is 0 Å². The van der Waals surface area contributed by atoms with Crippen LogP contribution in [0.4, 0.5) is 0 Å². The van der Waals surface area contributed by atoms with Crippen molar-refractivity contribution in [3.63, 3.8) is 0 Å². The van der Waals surface area contributed by atoms with Crippen molar-refractivity contribution in [3.8, 4) is 23.0 Å². The molecule has 0 aliphatic carbocycles. The number of aromatic nitrogens is 1. The zero-order chi connectivity index (χ0) is 26.3. The maximum Gasteiger partial charge on any atom is 0.338 e. The number of thiazole rings is 1. The topological polar surface area (TPSA) is 97.6 Å². The zero-order valence-corrected chi connectivity index (χ0v) is 22.1. The van der Waals surface area contributed by atoms with Crippen molar-refractivity contribution in [1.82, 2.24) is 4.57 Å². The van der Waals surface area contributed by atoms with Crippen molar-refractivity contribution in [2.24, 2.45) is 4.99 Å².